The first-order valence-electron chi connectivity index (χ1n) is 7.52. The van der Waals surface area contributed by atoms with Gasteiger partial charge in [0, 0.05) is 6.04 Å². The molecule has 0 saturated heterocycles. The highest BCUT2D eigenvalue weighted by atomic mass is 14.9. The fourth-order valence-corrected chi connectivity index (χ4v) is 4.13. The van der Waals surface area contributed by atoms with Crippen LogP contribution < -0.4 is 5.32 Å². The summed E-state index contributed by atoms with van der Waals surface area (Å²) in [5.41, 5.74) is 0. The van der Waals surface area contributed by atoms with E-state index in [1.807, 2.05) is 0 Å². The Bertz CT molecular complexity index is 188. The predicted octanol–water partition coefficient (Wildman–Crippen LogP) is 3.98. The van der Waals surface area contributed by atoms with Crippen LogP contribution >= 0.6 is 0 Å². The average Bonchev–Trinajstić information content (AvgIpc) is 2.85. The zero-order valence-electron chi connectivity index (χ0n) is 11.2. The summed E-state index contributed by atoms with van der Waals surface area (Å²) in [5.74, 6) is 3.02. The van der Waals surface area contributed by atoms with Crippen molar-refractivity contribution in [3.05, 3.63) is 0 Å². The highest BCUT2D eigenvalue weighted by molar-refractivity contribution is 4.87. The summed E-state index contributed by atoms with van der Waals surface area (Å²) in [7, 11) is 2.19. The van der Waals surface area contributed by atoms with Crippen molar-refractivity contribution in [1.82, 2.24) is 5.32 Å². The molecule has 94 valence electrons. The minimum absolute atomic E-state index is 0.834. The van der Waals surface area contributed by atoms with Gasteiger partial charge in [0.05, 0.1) is 0 Å². The Balaban J connectivity index is 1.85. The van der Waals surface area contributed by atoms with Crippen molar-refractivity contribution in [3.8, 4) is 0 Å². The Morgan fingerprint density at radius 1 is 0.938 bits per heavy atom. The molecule has 1 heteroatoms. The number of hydrogen-bond acceptors (Lipinski definition) is 1. The summed E-state index contributed by atoms with van der Waals surface area (Å²) in [6.07, 6.45) is 13.3. The lowest BCUT2D eigenvalue weighted by molar-refractivity contribution is 0.183. The quantitative estimate of drug-likeness (QED) is 0.760. The van der Waals surface area contributed by atoms with Gasteiger partial charge in [-0.25, -0.2) is 0 Å². The second-order valence-corrected chi connectivity index (χ2v) is 6.05. The third-order valence-corrected chi connectivity index (χ3v) is 5.22. The van der Waals surface area contributed by atoms with E-state index in [0.717, 1.165) is 23.8 Å². The van der Waals surface area contributed by atoms with Gasteiger partial charge in [0.15, 0.2) is 0 Å². The maximum atomic E-state index is 3.65. The molecule has 0 aromatic heterocycles. The fourth-order valence-electron chi connectivity index (χ4n) is 4.13. The molecule has 0 spiro atoms. The third-order valence-electron chi connectivity index (χ3n) is 5.22. The largest absolute Gasteiger partial charge is 0.316 e. The molecule has 0 heterocycles. The molecule has 0 radical (unpaired) electrons. The lowest BCUT2D eigenvalue weighted by atomic mass is 9.74. The maximum absolute atomic E-state index is 3.65. The van der Waals surface area contributed by atoms with Crippen LogP contribution in [0, 0.1) is 17.8 Å². The highest BCUT2D eigenvalue weighted by Crippen LogP contribution is 2.38. The first kappa shape index (κ1) is 12.4. The van der Waals surface area contributed by atoms with Gasteiger partial charge in [-0.1, -0.05) is 39.0 Å². The molecule has 1 N–H and O–H groups in total. The molecule has 2 saturated carbocycles. The molecule has 1 nitrogen and oxygen atoms in total. The van der Waals surface area contributed by atoms with Gasteiger partial charge < -0.3 is 5.32 Å². The first-order valence-corrected chi connectivity index (χ1v) is 7.52. The number of hydrogen-bond donors (Lipinski definition) is 1. The highest BCUT2D eigenvalue weighted by Gasteiger charge is 2.32. The van der Waals surface area contributed by atoms with Gasteiger partial charge >= 0.3 is 0 Å². The van der Waals surface area contributed by atoms with E-state index < -0.39 is 0 Å². The van der Waals surface area contributed by atoms with Crippen LogP contribution in [0.2, 0.25) is 0 Å². The van der Waals surface area contributed by atoms with Crippen molar-refractivity contribution >= 4 is 0 Å². The molecule has 1 unspecified atom stereocenters. The van der Waals surface area contributed by atoms with Gasteiger partial charge in [0.1, 0.15) is 0 Å². The molecule has 0 aliphatic heterocycles. The number of nitrogens with one attached hydrogen (secondary N) is 1. The van der Waals surface area contributed by atoms with E-state index in [4.69, 9.17) is 0 Å². The van der Waals surface area contributed by atoms with Crippen molar-refractivity contribution in [2.24, 2.45) is 17.8 Å². The van der Waals surface area contributed by atoms with Crippen LogP contribution in [0.1, 0.15) is 64.7 Å². The molecule has 2 rings (SSSR count). The molecule has 2 aliphatic carbocycles. The van der Waals surface area contributed by atoms with Crippen molar-refractivity contribution < 1.29 is 0 Å². The minimum Gasteiger partial charge on any atom is -0.316 e. The maximum Gasteiger partial charge on any atom is 0.0121 e. The average molecular weight is 223 g/mol. The third kappa shape index (κ3) is 2.80. The topological polar surface area (TPSA) is 12.0 Å². The molecule has 16 heavy (non-hydrogen) atoms. The molecule has 2 aliphatic rings. The lowest BCUT2D eigenvalue weighted by Gasteiger charge is -2.36. The smallest absolute Gasteiger partial charge is 0.0121 e. The van der Waals surface area contributed by atoms with E-state index in [9.17, 15) is 0 Å². The van der Waals surface area contributed by atoms with E-state index in [0.29, 0.717) is 0 Å². The summed E-state index contributed by atoms with van der Waals surface area (Å²) in [6.45, 7) is 2.36. The monoisotopic (exact) mass is 223 g/mol. The van der Waals surface area contributed by atoms with Crippen LogP contribution in [0.4, 0.5) is 0 Å². The van der Waals surface area contributed by atoms with E-state index in [2.05, 4.69) is 19.3 Å². The molecule has 0 aromatic carbocycles. The molecule has 1 atom stereocenters. The SMILES string of the molecule is CCC1CCC(C(NC)C2CCCC2)CC1. The lowest BCUT2D eigenvalue weighted by Crippen LogP contribution is -2.41. The normalized spacial score (nSPS) is 34.1. The van der Waals surface area contributed by atoms with Crippen LogP contribution in [0.25, 0.3) is 0 Å². The zero-order chi connectivity index (χ0) is 11.4. The van der Waals surface area contributed by atoms with Crippen LogP contribution in [-0.4, -0.2) is 13.1 Å². The van der Waals surface area contributed by atoms with Gasteiger partial charge in [-0.05, 0) is 50.5 Å². The Kier molecular flexibility index (Phi) is 4.69. The van der Waals surface area contributed by atoms with Gasteiger partial charge in [-0.3, -0.25) is 0 Å². The van der Waals surface area contributed by atoms with Crippen molar-refractivity contribution in [2.75, 3.05) is 7.05 Å². The van der Waals surface area contributed by atoms with E-state index >= 15 is 0 Å². The Morgan fingerprint density at radius 2 is 1.50 bits per heavy atom. The van der Waals surface area contributed by atoms with Crippen LogP contribution in [-0.2, 0) is 0 Å². The van der Waals surface area contributed by atoms with E-state index in [1.54, 1.807) is 0 Å². The molecule has 0 bridgehead atoms. The summed E-state index contributed by atoms with van der Waals surface area (Å²) < 4.78 is 0. The standard InChI is InChI=1S/C15H29N/c1-3-12-8-10-14(11-9-12)15(16-2)13-6-4-5-7-13/h12-16H,3-11H2,1-2H3. The van der Waals surface area contributed by atoms with Gasteiger partial charge in [0.25, 0.3) is 0 Å². The zero-order valence-corrected chi connectivity index (χ0v) is 11.2. The summed E-state index contributed by atoms with van der Waals surface area (Å²) in [5, 5.41) is 3.65. The van der Waals surface area contributed by atoms with Crippen molar-refractivity contribution in [2.45, 2.75) is 70.8 Å². The summed E-state index contributed by atoms with van der Waals surface area (Å²) >= 11 is 0. The molecule has 0 amide bonds. The second-order valence-electron chi connectivity index (χ2n) is 6.05. The Labute approximate surface area is 101 Å². The van der Waals surface area contributed by atoms with Gasteiger partial charge in [0.2, 0.25) is 0 Å². The summed E-state index contributed by atoms with van der Waals surface area (Å²) in [4.78, 5) is 0. The molecular weight excluding hydrogens is 194 g/mol. The first-order chi connectivity index (χ1) is 7.85. The Hall–Kier alpha value is -0.0400. The van der Waals surface area contributed by atoms with Crippen molar-refractivity contribution in [3.63, 3.8) is 0 Å². The Morgan fingerprint density at radius 3 is 2.00 bits per heavy atom. The van der Waals surface area contributed by atoms with Crippen molar-refractivity contribution in [1.29, 1.82) is 0 Å². The number of rotatable bonds is 4. The van der Waals surface area contributed by atoms with Gasteiger partial charge in [-0.15, -0.1) is 0 Å². The minimum atomic E-state index is 0.834. The van der Waals surface area contributed by atoms with E-state index in [-0.39, 0.29) is 0 Å². The van der Waals surface area contributed by atoms with Crippen LogP contribution in [0.3, 0.4) is 0 Å². The predicted molar refractivity (Wildman–Crippen MR) is 70.5 cm³/mol. The molecular formula is C15H29N. The second kappa shape index (κ2) is 6.05. The van der Waals surface area contributed by atoms with Gasteiger partial charge in [-0.2, -0.15) is 0 Å². The fraction of sp³-hybridized carbons (Fsp3) is 1.00. The van der Waals surface area contributed by atoms with E-state index in [1.165, 1.54) is 57.8 Å². The van der Waals surface area contributed by atoms with Crippen LogP contribution in [0.5, 0.6) is 0 Å². The molecule has 0 aromatic rings. The molecule has 2 fully saturated rings. The summed E-state index contributed by atoms with van der Waals surface area (Å²) in [6, 6.07) is 0.834. The van der Waals surface area contributed by atoms with Crippen LogP contribution in [0.15, 0.2) is 0 Å².